The number of carbonyl (C=O) groups is 2. The summed E-state index contributed by atoms with van der Waals surface area (Å²) in [4.78, 5) is 27.3. The lowest BCUT2D eigenvalue weighted by Crippen LogP contribution is -2.39. The first-order valence-electron chi connectivity index (χ1n) is 12.2. The van der Waals surface area contributed by atoms with Gasteiger partial charge in [0.2, 0.25) is 5.91 Å². The minimum atomic E-state index is -0.623. The van der Waals surface area contributed by atoms with E-state index < -0.39 is 11.8 Å². The molecule has 3 aromatic rings. The number of nitrogens with zero attached hydrogens (tertiary/aromatic N) is 1. The van der Waals surface area contributed by atoms with Crippen LogP contribution in [0.2, 0.25) is 0 Å². The Labute approximate surface area is 220 Å². The molecule has 9 nitrogen and oxygen atoms in total. The summed E-state index contributed by atoms with van der Waals surface area (Å²) in [6.45, 7) is 0.933. The second-order valence-corrected chi connectivity index (χ2v) is 8.80. The molecular formula is C28H30FN3O6. The Kier molecular flexibility index (Phi) is 8.52. The summed E-state index contributed by atoms with van der Waals surface area (Å²) in [6, 6.07) is 14.8. The zero-order chi connectivity index (χ0) is 27.1. The first-order valence-corrected chi connectivity index (χ1v) is 12.2. The van der Waals surface area contributed by atoms with Crippen LogP contribution in [0.4, 0.5) is 20.6 Å². The Hall–Kier alpha value is -4.47. The van der Waals surface area contributed by atoms with E-state index in [4.69, 9.17) is 14.2 Å². The molecule has 0 aliphatic carbocycles. The molecule has 0 aromatic heterocycles. The Morgan fingerprint density at radius 2 is 1.74 bits per heavy atom. The quantitative estimate of drug-likeness (QED) is 0.372. The number of halogens is 1. The highest BCUT2D eigenvalue weighted by atomic mass is 19.1. The average molecular weight is 524 g/mol. The van der Waals surface area contributed by atoms with Crippen LogP contribution in [0.5, 0.6) is 23.0 Å². The number of phenols is 1. The molecule has 1 saturated heterocycles. The van der Waals surface area contributed by atoms with Gasteiger partial charge in [0.1, 0.15) is 23.9 Å². The number of methoxy groups -OCH3 is 2. The van der Waals surface area contributed by atoms with Crippen molar-refractivity contribution in [2.24, 2.45) is 0 Å². The molecule has 0 radical (unpaired) electrons. The molecule has 200 valence electrons. The Bertz CT molecular complexity index is 1300. The van der Waals surface area contributed by atoms with Crippen LogP contribution >= 0.6 is 0 Å². The minimum absolute atomic E-state index is 0.0474. The normalized spacial score (nSPS) is 14.6. The number of phenolic OH excluding ortho intramolecular Hbond substituents is 1. The first kappa shape index (κ1) is 26.6. The number of ether oxygens (including phenoxy) is 3. The van der Waals surface area contributed by atoms with Gasteiger partial charge in [-0.3, -0.25) is 4.79 Å². The van der Waals surface area contributed by atoms with Gasteiger partial charge in [0.25, 0.3) is 0 Å². The van der Waals surface area contributed by atoms with Crippen LogP contribution in [-0.2, 0) is 11.2 Å². The van der Waals surface area contributed by atoms with E-state index in [1.165, 1.54) is 44.6 Å². The fourth-order valence-corrected chi connectivity index (χ4v) is 4.36. The predicted octanol–water partition coefficient (Wildman–Crippen LogP) is 4.81. The van der Waals surface area contributed by atoms with Crippen LogP contribution in [0.25, 0.3) is 0 Å². The first-order chi connectivity index (χ1) is 18.4. The maximum absolute atomic E-state index is 13.8. The van der Waals surface area contributed by atoms with Crippen molar-refractivity contribution in [3.63, 3.8) is 0 Å². The highest BCUT2D eigenvalue weighted by Crippen LogP contribution is 2.32. The molecule has 3 aromatic carbocycles. The lowest BCUT2D eigenvalue weighted by Gasteiger charge is -2.25. The molecule has 0 saturated carbocycles. The van der Waals surface area contributed by atoms with Crippen molar-refractivity contribution in [2.45, 2.75) is 25.3 Å². The molecule has 1 atom stereocenters. The number of likely N-dealkylation sites (tertiary alicyclic amines) is 1. The number of aromatic hydroxyl groups is 1. The maximum atomic E-state index is 13.8. The molecule has 1 heterocycles. The van der Waals surface area contributed by atoms with Crippen molar-refractivity contribution in [3.8, 4) is 23.0 Å². The standard InChI is InChI=1S/C28H30FN3O6/c1-36-25-14-18(9-11-23(25)31-28(35)30-22-8-4-3-7-21(22)29)15-27(34)32-13-5-6-19(32)17-38-24-12-10-20(33)16-26(24)37-2/h3-4,7-12,14,16,19,33H,5-6,13,15,17H2,1-2H3,(H2,30,31,35). The minimum Gasteiger partial charge on any atom is -0.508 e. The van der Waals surface area contributed by atoms with Crippen molar-refractivity contribution >= 4 is 23.3 Å². The number of para-hydroxylation sites is 1. The Morgan fingerprint density at radius 1 is 0.974 bits per heavy atom. The van der Waals surface area contributed by atoms with Gasteiger partial charge in [-0.15, -0.1) is 0 Å². The lowest BCUT2D eigenvalue weighted by atomic mass is 10.1. The number of carbonyl (C=O) groups excluding carboxylic acids is 2. The van der Waals surface area contributed by atoms with E-state index >= 15 is 0 Å². The van der Waals surface area contributed by atoms with E-state index in [1.807, 2.05) is 4.90 Å². The summed E-state index contributed by atoms with van der Waals surface area (Å²) in [5, 5.41) is 14.7. The smallest absolute Gasteiger partial charge is 0.323 e. The fourth-order valence-electron chi connectivity index (χ4n) is 4.36. The van der Waals surface area contributed by atoms with Crippen molar-refractivity contribution in [1.29, 1.82) is 0 Å². The molecular weight excluding hydrogens is 493 g/mol. The van der Waals surface area contributed by atoms with Crippen LogP contribution in [0.3, 0.4) is 0 Å². The summed E-state index contributed by atoms with van der Waals surface area (Å²) in [5.41, 5.74) is 1.16. The number of urea groups is 1. The molecule has 0 spiro atoms. The van der Waals surface area contributed by atoms with Crippen molar-refractivity contribution in [3.05, 3.63) is 72.0 Å². The fraction of sp³-hybridized carbons (Fsp3) is 0.286. The number of amides is 3. The van der Waals surface area contributed by atoms with E-state index in [2.05, 4.69) is 10.6 Å². The molecule has 0 bridgehead atoms. The van der Waals surface area contributed by atoms with Gasteiger partial charge in [-0.05, 0) is 54.8 Å². The van der Waals surface area contributed by atoms with E-state index in [-0.39, 0.29) is 29.8 Å². The van der Waals surface area contributed by atoms with Crippen LogP contribution in [0, 0.1) is 5.82 Å². The van der Waals surface area contributed by atoms with E-state index in [0.717, 1.165) is 18.4 Å². The van der Waals surface area contributed by atoms with E-state index in [0.29, 0.717) is 36.1 Å². The van der Waals surface area contributed by atoms with Crippen molar-refractivity contribution in [2.75, 3.05) is 38.0 Å². The van der Waals surface area contributed by atoms with Gasteiger partial charge >= 0.3 is 6.03 Å². The van der Waals surface area contributed by atoms with E-state index in [9.17, 15) is 19.1 Å². The third-order valence-electron chi connectivity index (χ3n) is 6.27. The summed E-state index contributed by atoms with van der Waals surface area (Å²) >= 11 is 0. The second kappa shape index (κ2) is 12.2. The zero-order valence-electron chi connectivity index (χ0n) is 21.2. The third-order valence-corrected chi connectivity index (χ3v) is 6.27. The summed E-state index contributed by atoms with van der Waals surface area (Å²) in [5.74, 6) is 0.778. The van der Waals surface area contributed by atoms with Gasteiger partial charge in [-0.1, -0.05) is 18.2 Å². The van der Waals surface area contributed by atoms with E-state index in [1.54, 1.807) is 30.3 Å². The number of rotatable bonds is 9. The van der Waals surface area contributed by atoms with Gasteiger partial charge in [-0.2, -0.15) is 0 Å². The molecule has 38 heavy (non-hydrogen) atoms. The van der Waals surface area contributed by atoms with Crippen molar-refractivity contribution in [1.82, 2.24) is 4.90 Å². The molecule has 3 amide bonds. The monoisotopic (exact) mass is 523 g/mol. The van der Waals surface area contributed by atoms with Crippen LogP contribution in [0.15, 0.2) is 60.7 Å². The molecule has 4 rings (SSSR count). The van der Waals surface area contributed by atoms with Gasteiger partial charge < -0.3 is 34.9 Å². The van der Waals surface area contributed by atoms with Crippen LogP contribution in [-0.4, -0.2) is 55.4 Å². The van der Waals surface area contributed by atoms with Gasteiger partial charge in [0.15, 0.2) is 11.5 Å². The van der Waals surface area contributed by atoms with Gasteiger partial charge in [0.05, 0.1) is 38.1 Å². The summed E-state index contributed by atoms with van der Waals surface area (Å²) in [7, 11) is 2.96. The maximum Gasteiger partial charge on any atom is 0.323 e. The molecule has 3 N–H and O–H groups in total. The molecule has 1 unspecified atom stereocenters. The number of benzene rings is 3. The number of nitrogens with one attached hydrogen (secondary N) is 2. The topological polar surface area (TPSA) is 109 Å². The molecule has 1 fully saturated rings. The SMILES string of the molecule is COc1cc(CC(=O)N2CCCC2COc2ccc(O)cc2OC)ccc1NC(=O)Nc1ccccc1F. The molecule has 1 aliphatic rings. The van der Waals surface area contributed by atoms with Crippen LogP contribution in [0.1, 0.15) is 18.4 Å². The van der Waals surface area contributed by atoms with Gasteiger partial charge in [-0.25, -0.2) is 9.18 Å². The third kappa shape index (κ3) is 6.44. The highest BCUT2D eigenvalue weighted by molar-refractivity contribution is 6.00. The molecule has 10 heteroatoms. The number of hydrogen-bond acceptors (Lipinski definition) is 6. The second-order valence-electron chi connectivity index (χ2n) is 8.80. The summed E-state index contributed by atoms with van der Waals surface area (Å²) < 4.78 is 30.4. The zero-order valence-corrected chi connectivity index (χ0v) is 21.2. The predicted molar refractivity (Wildman–Crippen MR) is 141 cm³/mol. The average Bonchev–Trinajstić information content (AvgIpc) is 3.39. The van der Waals surface area contributed by atoms with Gasteiger partial charge in [0, 0.05) is 12.6 Å². The highest BCUT2D eigenvalue weighted by Gasteiger charge is 2.29. The summed E-state index contributed by atoms with van der Waals surface area (Å²) in [6.07, 6.45) is 1.84. The number of anilines is 2. The molecule has 1 aliphatic heterocycles. The largest absolute Gasteiger partial charge is 0.508 e. The Balaban J connectivity index is 1.37. The van der Waals surface area contributed by atoms with Crippen molar-refractivity contribution < 1.29 is 33.3 Å². The number of hydrogen-bond donors (Lipinski definition) is 3. The Morgan fingerprint density at radius 3 is 2.50 bits per heavy atom. The van der Waals surface area contributed by atoms with Crippen LogP contribution < -0.4 is 24.8 Å². The lowest BCUT2D eigenvalue weighted by molar-refractivity contribution is -0.131.